The molecule has 0 spiro atoms. The molecular weight excluding hydrogens is 351 g/mol. The second-order valence-corrected chi connectivity index (χ2v) is 5.63. The van der Waals surface area contributed by atoms with Crippen LogP contribution in [0.3, 0.4) is 0 Å². The Kier molecular flexibility index (Phi) is 5.39. The Labute approximate surface area is 141 Å². The molecule has 0 saturated heterocycles. The van der Waals surface area contributed by atoms with Gasteiger partial charge in [0, 0.05) is 11.6 Å². The van der Waals surface area contributed by atoms with Gasteiger partial charge in [-0.15, -0.1) is 10.2 Å². The Morgan fingerprint density at radius 1 is 1.23 bits per heavy atom. The first-order valence-electron chi connectivity index (χ1n) is 6.21. The molecule has 0 fully saturated rings. The Bertz CT molecular complexity index is 751. The lowest BCUT2D eigenvalue weighted by Crippen LogP contribution is -2.15. The predicted octanol–water partition coefficient (Wildman–Crippen LogP) is 5.23. The first-order chi connectivity index (χ1) is 10.4. The average Bonchev–Trinajstić information content (AvgIpc) is 2.44. The largest absolute Gasteiger partial charge is 0.434 e. The van der Waals surface area contributed by atoms with Crippen molar-refractivity contribution in [2.45, 2.75) is 19.8 Å². The van der Waals surface area contributed by atoms with Gasteiger partial charge in [0.15, 0.2) is 5.75 Å². The number of H-pyrrole nitrogens is 1. The summed E-state index contributed by atoms with van der Waals surface area (Å²) in [6, 6.07) is 4.52. The van der Waals surface area contributed by atoms with Gasteiger partial charge in [-0.05, 0) is 18.1 Å². The highest BCUT2D eigenvalue weighted by Crippen LogP contribution is 2.39. The first-order valence-corrected chi connectivity index (χ1v) is 7.30. The molecule has 0 bridgehead atoms. The van der Waals surface area contributed by atoms with Gasteiger partial charge in [-0.2, -0.15) is 0 Å². The maximum atomic E-state index is 11.7. The molecule has 6 nitrogen and oxygen atoms in total. The highest BCUT2D eigenvalue weighted by molar-refractivity contribution is 6.37. The number of aromatic nitrogens is 2. The van der Waals surface area contributed by atoms with Crippen molar-refractivity contribution in [1.29, 1.82) is 0 Å². The molecule has 0 amide bonds. The maximum absolute atomic E-state index is 11.7. The summed E-state index contributed by atoms with van der Waals surface area (Å²) >= 11 is 17.4. The van der Waals surface area contributed by atoms with Crippen molar-refractivity contribution in [3.8, 4) is 11.6 Å². The number of rotatable bonds is 4. The highest BCUT2D eigenvalue weighted by atomic mass is 35.5. The number of hydrogen-bond acceptors (Lipinski definition) is 5. The molecule has 0 aliphatic rings. The minimum atomic E-state index is -0.266. The molecule has 1 aromatic heterocycles. The summed E-state index contributed by atoms with van der Waals surface area (Å²) in [5.41, 5.74) is 0.664. The molecule has 1 aromatic carbocycles. The van der Waals surface area contributed by atoms with E-state index in [1.54, 1.807) is 6.07 Å². The van der Waals surface area contributed by atoms with Crippen LogP contribution in [0.2, 0.25) is 10.0 Å². The van der Waals surface area contributed by atoms with Crippen molar-refractivity contribution in [1.82, 2.24) is 10.2 Å². The third-order valence-corrected chi connectivity index (χ3v) is 3.41. The number of benzene rings is 1. The number of ether oxygens (including phenoxy) is 1. The van der Waals surface area contributed by atoms with Gasteiger partial charge in [-0.1, -0.05) is 41.7 Å². The predicted molar refractivity (Wildman–Crippen MR) is 85.9 cm³/mol. The highest BCUT2D eigenvalue weighted by Gasteiger charge is 2.14. The molecule has 116 valence electrons. The monoisotopic (exact) mass is 360 g/mol. The van der Waals surface area contributed by atoms with E-state index in [4.69, 9.17) is 39.7 Å². The topological polar surface area (TPSA) is 79.7 Å². The fraction of sp³-hybridized carbons (Fsp3) is 0.231. The number of aromatic amines is 1. The molecular formula is C13H11Cl3N4O2. The molecule has 22 heavy (non-hydrogen) atoms. The van der Waals surface area contributed by atoms with Crippen molar-refractivity contribution in [3.63, 3.8) is 0 Å². The van der Waals surface area contributed by atoms with Crippen LogP contribution in [-0.2, 0) is 0 Å². The SMILES string of the molecule is CC(C)c1cc(Oc2c(Cl)cc(N=NCl)cc2Cl)n[nH]c1=O. The second-order valence-electron chi connectivity index (χ2n) is 4.66. The number of hydrogen-bond donors (Lipinski definition) is 1. The number of halogens is 3. The van der Waals surface area contributed by atoms with E-state index < -0.39 is 0 Å². The van der Waals surface area contributed by atoms with Crippen LogP contribution < -0.4 is 10.3 Å². The van der Waals surface area contributed by atoms with Crippen molar-refractivity contribution in [2.75, 3.05) is 0 Å². The van der Waals surface area contributed by atoms with Crippen molar-refractivity contribution < 1.29 is 4.74 Å². The van der Waals surface area contributed by atoms with E-state index in [0.29, 0.717) is 11.3 Å². The summed E-state index contributed by atoms with van der Waals surface area (Å²) in [6.45, 7) is 3.78. The van der Waals surface area contributed by atoms with Crippen LogP contribution in [0.5, 0.6) is 11.6 Å². The molecule has 0 unspecified atom stereocenters. The van der Waals surface area contributed by atoms with Crippen molar-refractivity contribution in [3.05, 3.63) is 44.2 Å². The van der Waals surface area contributed by atoms with E-state index in [2.05, 4.69) is 19.9 Å². The number of nitrogens with one attached hydrogen (secondary N) is 1. The van der Waals surface area contributed by atoms with Crippen LogP contribution in [0.15, 0.2) is 32.7 Å². The third kappa shape index (κ3) is 3.76. The lowest BCUT2D eigenvalue weighted by atomic mass is 10.1. The Hall–Kier alpha value is -1.63. The van der Waals surface area contributed by atoms with Gasteiger partial charge in [-0.3, -0.25) is 4.79 Å². The van der Waals surface area contributed by atoms with E-state index in [-0.39, 0.29) is 33.2 Å². The van der Waals surface area contributed by atoms with Crippen LogP contribution in [0.4, 0.5) is 5.69 Å². The van der Waals surface area contributed by atoms with Crippen LogP contribution in [0.1, 0.15) is 25.3 Å². The Morgan fingerprint density at radius 2 is 1.86 bits per heavy atom. The molecule has 0 aliphatic carbocycles. The molecule has 0 atom stereocenters. The molecule has 0 aliphatic heterocycles. The normalized spacial score (nSPS) is 11.4. The van der Waals surface area contributed by atoms with Crippen LogP contribution in [0, 0.1) is 0 Å². The van der Waals surface area contributed by atoms with Crippen molar-refractivity contribution in [2.24, 2.45) is 9.75 Å². The summed E-state index contributed by atoms with van der Waals surface area (Å²) in [4.78, 5) is 11.7. The average molecular weight is 362 g/mol. The zero-order valence-corrected chi connectivity index (χ0v) is 13.9. The smallest absolute Gasteiger partial charge is 0.267 e. The van der Waals surface area contributed by atoms with E-state index in [9.17, 15) is 4.79 Å². The summed E-state index contributed by atoms with van der Waals surface area (Å²) in [5.74, 6) is 0.400. The summed E-state index contributed by atoms with van der Waals surface area (Å²) in [5, 5.41) is 10.2. The zero-order valence-electron chi connectivity index (χ0n) is 11.6. The molecule has 1 heterocycles. The molecule has 1 N–H and O–H groups in total. The first kappa shape index (κ1) is 16.7. The van der Waals surface area contributed by atoms with Gasteiger partial charge in [0.2, 0.25) is 5.88 Å². The van der Waals surface area contributed by atoms with Crippen LogP contribution in [0.25, 0.3) is 0 Å². The molecule has 2 aromatic rings. The van der Waals surface area contributed by atoms with E-state index >= 15 is 0 Å². The number of nitrogens with zero attached hydrogens (tertiary/aromatic N) is 3. The molecule has 9 heteroatoms. The van der Waals surface area contributed by atoms with E-state index in [1.165, 1.54) is 12.1 Å². The Morgan fingerprint density at radius 3 is 2.41 bits per heavy atom. The van der Waals surface area contributed by atoms with Crippen molar-refractivity contribution >= 4 is 40.7 Å². The van der Waals surface area contributed by atoms with Crippen LogP contribution in [-0.4, -0.2) is 10.2 Å². The summed E-state index contributed by atoms with van der Waals surface area (Å²) in [7, 11) is 0. The van der Waals surface area contributed by atoms with Gasteiger partial charge < -0.3 is 4.74 Å². The second kappa shape index (κ2) is 7.09. The van der Waals surface area contributed by atoms with E-state index in [0.717, 1.165) is 0 Å². The zero-order chi connectivity index (χ0) is 16.3. The lowest BCUT2D eigenvalue weighted by Gasteiger charge is -2.10. The summed E-state index contributed by atoms with van der Waals surface area (Å²) < 4.78 is 8.70. The molecule has 0 saturated carbocycles. The molecule has 2 rings (SSSR count). The van der Waals surface area contributed by atoms with Gasteiger partial charge in [0.1, 0.15) is 0 Å². The fourth-order valence-electron chi connectivity index (χ4n) is 1.73. The van der Waals surface area contributed by atoms with Gasteiger partial charge in [-0.25, -0.2) is 5.10 Å². The minimum absolute atomic E-state index is 0.0200. The lowest BCUT2D eigenvalue weighted by molar-refractivity contribution is 0.452. The van der Waals surface area contributed by atoms with Gasteiger partial charge >= 0.3 is 0 Å². The quantitative estimate of drug-likeness (QED) is 0.757. The fourth-order valence-corrected chi connectivity index (χ4v) is 2.37. The van der Waals surface area contributed by atoms with E-state index in [1.807, 2.05) is 13.8 Å². The Balaban J connectivity index is 2.39. The summed E-state index contributed by atoms with van der Waals surface area (Å²) in [6.07, 6.45) is 0. The molecule has 0 radical (unpaired) electrons. The van der Waals surface area contributed by atoms with Gasteiger partial charge in [0.25, 0.3) is 5.56 Å². The third-order valence-electron chi connectivity index (χ3n) is 2.77. The van der Waals surface area contributed by atoms with Gasteiger partial charge in [0.05, 0.1) is 27.5 Å². The van der Waals surface area contributed by atoms with Crippen LogP contribution >= 0.6 is 35.0 Å². The maximum Gasteiger partial charge on any atom is 0.267 e. The standard InChI is InChI=1S/C13H11Cl3N4O2/c1-6(2)8-5-11(18-19-13(8)21)22-12-9(14)3-7(17-20-16)4-10(12)15/h3-6H,1-2H3,(H,19,21). The minimum Gasteiger partial charge on any atom is -0.434 e.